The molecule has 3 heterocycles. The number of aromatic nitrogens is 4. The van der Waals surface area contributed by atoms with Crippen LogP contribution in [-0.4, -0.2) is 43.7 Å². The molecule has 0 aliphatic carbocycles. The van der Waals surface area contributed by atoms with E-state index in [2.05, 4.69) is 25.6 Å². The second-order valence-corrected chi connectivity index (χ2v) is 9.03. The lowest BCUT2D eigenvalue weighted by molar-refractivity contribution is -0.137. The molecule has 0 saturated carbocycles. The van der Waals surface area contributed by atoms with Gasteiger partial charge in [-0.3, -0.25) is 4.57 Å². The zero-order valence-electron chi connectivity index (χ0n) is 21.3. The summed E-state index contributed by atoms with van der Waals surface area (Å²) in [6.07, 6.45) is 2.35. The van der Waals surface area contributed by atoms with Gasteiger partial charge in [0.05, 0.1) is 11.6 Å². The molecule has 5 rings (SSSR count). The Bertz CT molecular complexity index is 1380. The number of hydrogen-bond acceptors (Lipinski definition) is 6. The van der Waals surface area contributed by atoms with Crippen molar-refractivity contribution in [3.63, 3.8) is 0 Å². The summed E-state index contributed by atoms with van der Waals surface area (Å²) in [5.41, 5.74) is -0.0867. The van der Waals surface area contributed by atoms with Crippen LogP contribution < -0.4 is 10.6 Å². The molecule has 39 heavy (non-hydrogen) atoms. The third-order valence-corrected chi connectivity index (χ3v) is 6.11. The van der Waals surface area contributed by atoms with Crippen LogP contribution in [0.5, 0.6) is 0 Å². The largest absolute Gasteiger partial charge is 0.476 e. The highest BCUT2D eigenvalue weighted by Gasteiger charge is 2.31. The molecular weight excluding hydrogens is 509 g/mol. The summed E-state index contributed by atoms with van der Waals surface area (Å²) in [6.45, 7) is 4.43. The Morgan fingerprint density at radius 2 is 1.77 bits per heavy atom. The van der Waals surface area contributed by atoms with Crippen LogP contribution in [0.2, 0.25) is 0 Å². The Morgan fingerprint density at radius 3 is 2.38 bits per heavy atom. The van der Waals surface area contributed by atoms with Gasteiger partial charge in [-0.05, 0) is 56.6 Å². The molecule has 1 aliphatic rings. The summed E-state index contributed by atoms with van der Waals surface area (Å²) in [5, 5.41) is 15.8. The van der Waals surface area contributed by atoms with Gasteiger partial charge in [0.2, 0.25) is 5.95 Å². The smallest absolute Gasteiger partial charge is 0.416 e. The van der Waals surface area contributed by atoms with Gasteiger partial charge >= 0.3 is 12.1 Å². The first-order valence-electron chi connectivity index (χ1n) is 12.6. The van der Waals surface area contributed by atoms with Crippen LogP contribution >= 0.6 is 0 Å². The van der Waals surface area contributed by atoms with E-state index in [0.717, 1.165) is 17.7 Å². The maximum absolute atomic E-state index is 13.2. The van der Waals surface area contributed by atoms with E-state index in [-0.39, 0.29) is 34.9 Å². The van der Waals surface area contributed by atoms with Crippen LogP contribution in [0.15, 0.2) is 73.1 Å². The minimum absolute atomic E-state index is 0.0132. The Kier molecular flexibility index (Phi) is 8.92. The van der Waals surface area contributed by atoms with Gasteiger partial charge in [-0.25, -0.2) is 14.8 Å². The van der Waals surface area contributed by atoms with Crippen molar-refractivity contribution in [1.82, 2.24) is 24.8 Å². The average molecular weight is 539 g/mol. The molecule has 4 aromatic rings. The van der Waals surface area contributed by atoms with E-state index in [9.17, 15) is 23.1 Å². The Labute approximate surface area is 224 Å². The van der Waals surface area contributed by atoms with E-state index in [1.54, 1.807) is 0 Å². The van der Waals surface area contributed by atoms with Crippen molar-refractivity contribution < 1.29 is 23.1 Å². The molecule has 1 atom stereocenters. The number of piperidine rings is 1. The molecule has 8 nitrogen and oxygen atoms in total. The van der Waals surface area contributed by atoms with Crippen LogP contribution in [0.4, 0.5) is 19.1 Å². The number of carbonyl (C=O) groups is 1. The molecule has 0 spiro atoms. The number of carboxylic acids is 1. The average Bonchev–Trinajstić information content (AvgIpc) is 3.41. The maximum atomic E-state index is 13.2. The quantitative estimate of drug-likeness (QED) is 0.277. The van der Waals surface area contributed by atoms with E-state index >= 15 is 0 Å². The fourth-order valence-corrected chi connectivity index (χ4v) is 4.07. The third-order valence-electron chi connectivity index (χ3n) is 6.11. The minimum Gasteiger partial charge on any atom is -0.476 e. The number of anilines is 1. The number of benzene rings is 2. The summed E-state index contributed by atoms with van der Waals surface area (Å²) >= 11 is 0. The van der Waals surface area contributed by atoms with Gasteiger partial charge in [0.15, 0.2) is 5.69 Å². The Hall–Kier alpha value is -4.25. The number of alkyl halides is 3. The van der Waals surface area contributed by atoms with Gasteiger partial charge in [-0.15, -0.1) is 0 Å². The molecule has 3 N–H and O–H groups in total. The maximum Gasteiger partial charge on any atom is 0.416 e. The molecule has 1 unspecified atom stereocenters. The first-order valence-corrected chi connectivity index (χ1v) is 12.6. The predicted octanol–water partition coefficient (Wildman–Crippen LogP) is 5.98. The van der Waals surface area contributed by atoms with E-state index in [4.69, 9.17) is 0 Å². The summed E-state index contributed by atoms with van der Waals surface area (Å²) < 4.78 is 40.9. The van der Waals surface area contributed by atoms with Gasteiger partial charge in [-0.2, -0.15) is 18.2 Å². The second kappa shape index (κ2) is 12.5. The first kappa shape index (κ1) is 27.8. The lowest BCUT2D eigenvalue weighted by Gasteiger charge is -2.15. The van der Waals surface area contributed by atoms with Crippen LogP contribution in [-0.2, 0) is 6.18 Å². The van der Waals surface area contributed by atoms with Gasteiger partial charge in [0.25, 0.3) is 0 Å². The normalized spacial score (nSPS) is 14.2. The fourth-order valence-electron chi connectivity index (χ4n) is 4.07. The number of carboxylic acid groups (broad SMARTS) is 1. The fraction of sp³-hybridized carbons (Fsp3) is 0.286. The highest BCUT2D eigenvalue weighted by molar-refractivity contribution is 5.86. The number of imidazole rings is 1. The number of nitrogens with one attached hydrogen (secondary N) is 2. The molecule has 1 aliphatic heterocycles. The summed E-state index contributed by atoms with van der Waals surface area (Å²) in [6, 6.07) is 15.5. The van der Waals surface area contributed by atoms with Crippen LogP contribution in [0.25, 0.3) is 17.2 Å². The van der Waals surface area contributed by atoms with E-state index in [1.807, 2.05) is 37.3 Å². The summed E-state index contributed by atoms with van der Waals surface area (Å²) in [4.78, 5) is 24.2. The molecule has 2 aromatic heterocycles. The predicted molar refractivity (Wildman–Crippen MR) is 142 cm³/mol. The molecule has 11 heteroatoms. The van der Waals surface area contributed by atoms with Crippen LogP contribution in [0, 0.1) is 0 Å². The molecule has 0 amide bonds. The number of halogens is 3. The first-order chi connectivity index (χ1) is 18.7. The lowest BCUT2D eigenvalue weighted by atomic mass is 10.1. The number of nitrogens with zero attached hydrogens (tertiary/aromatic N) is 4. The Balaban J connectivity index is 0.000000519. The van der Waals surface area contributed by atoms with E-state index < -0.39 is 17.7 Å². The zero-order chi connectivity index (χ0) is 27.8. The van der Waals surface area contributed by atoms with Crippen molar-refractivity contribution in [2.24, 2.45) is 0 Å². The lowest BCUT2D eigenvalue weighted by Crippen LogP contribution is -2.21. The van der Waals surface area contributed by atoms with Crippen molar-refractivity contribution in [3.8, 4) is 17.2 Å². The SMILES string of the molecule is C1CCNCC1.CC(Nc1nccc(-n2cc(C(=O)O)nc2-c2cccc(C(F)(F)F)c2)n1)c1ccccc1. The third kappa shape index (κ3) is 7.41. The van der Waals surface area contributed by atoms with Crippen molar-refractivity contribution >= 4 is 11.9 Å². The van der Waals surface area contributed by atoms with Gasteiger partial charge < -0.3 is 15.7 Å². The monoisotopic (exact) mass is 538 g/mol. The molecule has 1 fully saturated rings. The summed E-state index contributed by atoms with van der Waals surface area (Å²) in [5.74, 6) is -0.782. The highest BCUT2D eigenvalue weighted by atomic mass is 19.4. The second-order valence-electron chi connectivity index (χ2n) is 9.03. The van der Waals surface area contributed by atoms with Crippen molar-refractivity contribution in [2.75, 3.05) is 18.4 Å². The molecule has 1 saturated heterocycles. The molecule has 2 aromatic carbocycles. The molecule has 0 radical (unpaired) electrons. The van der Waals surface area contributed by atoms with Gasteiger partial charge in [0.1, 0.15) is 11.6 Å². The zero-order valence-corrected chi connectivity index (χ0v) is 21.3. The minimum atomic E-state index is -4.55. The van der Waals surface area contributed by atoms with Crippen LogP contribution in [0.1, 0.15) is 53.8 Å². The van der Waals surface area contributed by atoms with E-state index in [0.29, 0.717) is 0 Å². The number of hydrogen-bond donors (Lipinski definition) is 3. The standard InChI is InChI=1S/C23H18F3N5O2.C5H11N/c1-14(15-6-3-2-4-7-15)28-22-27-11-10-19(30-22)31-13-18(21(32)33)29-20(31)16-8-5-9-17(12-16)23(24,25)26;1-2-4-6-5-3-1/h2-14H,1H3,(H,32,33)(H,27,28,30);6H,1-5H2. The number of aromatic carboxylic acids is 1. The van der Waals surface area contributed by atoms with Crippen molar-refractivity contribution in [1.29, 1.82) is 0 Å². The van der Waals surface area contributed by atoms with E-state index in [1.165, 1.54) is 67.5 Å². The van der Waals surface area contributed by atoms with Gasteiger partial charge in [-0.1, -0.05) is 48.9 Å². The topological polar surface area (TPSA) is 105 Å². The molecule has 204 valence electrons. The van der Waals surface area contributed by atoms with Crippen molar-refractivity contribution in [3.05, 3.63) is 89.9 Å². The van der Waals surface area contributed by atoms with Crippen LogP contribution in [0.3, 0.4) is 0 Å². The van der Waals surface area contributed by atoms with Gasteiger partial charge in [0, 0.05) is 18.0 Å². The summed E-state index contributed by atoms with van der Waals surface area (Å²) in [7, 11) is 0. The Morgan fingerprint density at radius 1 is 1.03 bits per heavy atom. The van der Waals surface area contributed by atoms with Crippen molar-refractivity contribution in [2.45, 2.75) is 38.4 Å². The number of rotatable bonds is 6. The molecular formula is C28H29F3N6O2. The highest BCUT2D eigenvalue weighted by Crippen LogP contribution is 2.32. The molecule has 0 bridgehead atoms.